The van der Waals surface area contributed by atoms with Crippen LogP contribution in [-0.2, 0) is 32.5 Å². The Balaban J connectivity index is 0.959. The number of hydrogen-bond acceptors (Lipinski definition) is 2. The standard InChI is InChI=1S/C39H45F2N3O/c1-28-15-20-43(24-28)36-13-11-30(12-14-36)5-4-6-31-16-18-42(19-17-31)25-34-21-29(2)37-35(22-34)27-44(38(37)45)26-33-9-7-32(8-10-33)23-39(3,40)41/h7-15,20-22,24,31H,4-6,16-19,23,25-27H2,1-3H3. The van der Waals surface area contributed by atoms with Gasteiger partial charge in [-0.15, -0.1) is 0 Å². The van der Waals surface area contributed by atoms with Crippen LogP contribution in [0.5, 0.6) is 0 Å². The van der Waals surface area contributed by atoms with Crippen molar-refractivity contribution in [3.8, 4) is 5.69 Å². The summed E-state index contributed by atoms with van der Waals surface area (Å²) in [7, 11) is 0. The molecule has 2 aliphatic rings. The minimum Gasteiger partial charge on any atom is -0.330 e. The number of likely N-dealkylation sites (tertiary alicyclic amines) is 1. The maximum Gasteiger partial charge on any atom is 0.255 e. The van der Waals surface area contributed by atoms with E-state index in [1.165, 1.54) is 48.1 Å². The zero-order valence-corrected chi connectivity index (χ0v) is 26.9. The van der Waals surface area contributed by atoms with E-state index in [2.05, 4.69) is 71.2 Å². The Hall–Kier alpha value is -3.77. The number of fused-ring (bicyclic) bond motifs is 1. The highest BCUT2D eigenvalue weighted by atomic mass is 19.3. The van der Waals surface area contributed by atoms with Crippen LogP contribution in [0.4, 0.5) is 8.78 Å². The Bertz CT molecular complexity index is 1610. The van der Waals surface area contributed by atoms with Crippen molar-refractivity contribution in [2.24, 2.45) is 5.92 Å². The Kier molecular flexibility index (Phi) is 9.23. The summed E-state index contributed by atoms with van der Waals surface area (Å²) in [6.07, 6.45) is 10.2. The number of aryl methyl sites for hydroxylation is 3. The smallest absolute Gasteiger partial charge is 0.255 e. The van der Waals surface area contributed by atoms with E-state index in [9.17, 15) is 13.6 Å². The van der Waals surface area contributed by atoms with Crippen LogP contribution in [0.25, 0.3) is 5.69 Å². The molecular weight excluding hydrogens is 564 g/mol. The molecule has 6 heteroatoms. The molecule has 0 spiro atoms. The molecule has 1 amide bonds. The van der Waals surface area contributed by atoms with Crippen molar-refractivity contribution in [3.63, 3.8) is 0 Å². The molecule has 4 nitrogen and oxygen atoms in total. The van der Waals surface area contributed by atoms with Crippen LogP contribution in [0, 0.1) is 19.8 Å². The first-order chi connectivity index (χ1) is 21.6. The van der Waals surface area contributed by atoms with Gasteiger partial charge in [-0.05, 0) is 123 Å². The third-order valence-electron chi connectivity index (χ3n) is 9.52. The molecule has 3 heterocycles. The Morgan fingerprint density at radius 3 is 2.20 bits per heavy atom. The summed E-state index contributed by atoms with van der Waals surface area (Å²) in [5.74, 6) is -1.87. The summed E-state index contributed by atoms with van der Waals surface area (Å²) in [5, 5.41) is 0. The van der Waals surface area contributed by atoms with Crippen LogP contribution in [0.3, 0.4) is 0 Å². The molecule has 1 aromatic heterocycles. The second kappa shape index (κ2) is 13.3. The Morgan fingerprint density at radius 1 is 0.844 bits per heavy atom. The van der Waals surface area contributed by atoms with Gasteiger partial charge in [-0.2, -0.15) is 0 Å². The predicted molar refractivity (Wildman–Crippen MR) is 177 cm³/mol. The van der Waals surface area contributed by atoms with Gasteiger partial charge in [0.15, 0.2) is 0 Å². The van der Waals surface area contributed by atoms with Gasteiger partial charge in [0.1, 0.15) is 0 Å². The van der Waals surface area contributed by atoms with Gasteiger partial charge in [0, 0.05) is 49.7 Å². The lowest BCUT2D eigenvalue weighted by Gasteiger charge is -2.32. The fraction of sp³-hybridized carbons (Fsp3) is 0.410. The number of aromatic nitrogens is 1. The number of piperidine rings is 1. The average Bonchev–Trinajstić information content (AvgIpc) is 3.57. The molecule has 0 aliphatic carbocycles. The number of carbonyl (C=O) groups excluding carboxylic acids is 1. The molecule has 0 N–H and O–H groups in total. The van der Waals surface area contributed by atoms with Crippen LogP contribution in [0.15, 0.2) is 79.1 Å². The third-order valence-corrected chi connectivity index (χ3v) is 9.52. The highest BCUT2D eigenvalue weighted by Crippen LogP contribution is 2.31. The van der Waals surface area contributed by atoms with E-state index in [4.69, 9.17) is 0 Å². The summed E-state index contributed by atoms with van der Waals surface area (Å²) in [6.45, 7) is 9.35. The van der Waals surface area contributed by atoms with E-state index in [0.717, 1.165) is 61.2 Å². The van der Waals surface area contributed by atoms with E-state index >= 15 is 0 Å². The lowest BCUT2D eigenvalue weighted by molar-refractivity contribution is 0.0226. The quantitative estimate of drug-likeness (QED) is 0.170. The molecule has 0 radical (unpaired) electrons. The van der Waals surface area contributed by atoms with E-state index in [1.807, 2.05) is 24.0 Å². The topological polar surface area (TPSA) is 28.5 Å². The van der Waals surface area contributed by atoms with Gasteiger partial charge in [-0.25, -0.2) is 8.78 Å². The summed E-state index contributed by atoms with van der Waals surface area (Å²) >= 11 is 0. The number of halogens is 2. The minimum absolute atomic E-state index is 0.0611. The molecule has 0 unspecified atom stereocenters. The molecule has 0 atom stereocenters. The van der Waals surface area contributed by atoms with Gasteiger partial charge in [-0.3, -0.25) is 9.69 Å². The molecule has 6 rings (SSSR count). The minimum atomic E-state index is -2.73. The van der Waals surface area contributed by atoms with Gasteiger partial charge < -0.3 is 9.47 Å². The third kappa shape index (κ3) is 7.91. The van der Waals surface area contributed by atoms with E-state index in [0.29, 0.717) is 18.7 Å². The molecule has 0 bridgehead atoms. The summed E-state index contributed by atoms with van der Waals surface area (Å²) in [5.41, 5.74) is 9.73. The summed E-state index contributed by atoms with van der Waals surface area (Å²) in [4.78, 5) is 17.7. The van der Waals surface area contributed by atoms with Crippen molar-refractivity contribution in [2.75, 3.05) is 13.1 Å². The molecule has 4 aromatic rings. The average molecular weight is 610 g/mol. The predicted octanol–water partition coefficient (Wildman–Crippen LogP) is 8.68. The van der Waals surface area contributed by atoms with Crippen molar-refractivity contribution in [1.82, 2.24) is 14.4 Å². The van der Waals surface area contributed by atoms with Gasteiger partial charge in [0.2, 0.25) is 5.92 Å². The monoisotopic (exact) mass is 609 g/mol. The molecule has 3 aromatic carbocycles. The number of nitrogens with zero attached hydrogens (tertiary/aromatic N) is 3. The van der Waals surface area contributed by atoms with Gasteiger partial charge in [0.05, 0.1) is 0 Å². The normalized spacial score (nSPS) is 16.0. The number of rotatable bonds is 11. The van der Waals surface area contributed by atoms with E-state index in [-0.39, 0.29) is 12.3 Å². The van der Waals surface area contributed by atoms with Gasteiger partial charge >= 0.3 is 0 Å². The molecule has 2 aliphatic heterocycles. The fourth-order valence-electron chi connectivity index (χ4n) is 7.15. The van der Waals surface area contributed by atoms with Crippen molar-refractivity contribution in [2.45, 2.75) is 84.9 Å². The molecule has 1 fully saturated rings. The first-order valence-corrected chi connectivity index (χ1v) is 16.4. The first-order valence-electron chi connectivity index (χ1n) is 16.4. The summed E-state index contributed by atoms with van der Waals surface area (Å²) in [6, 6.07) is 22.8. The van der Waals surface area contributed by atoms with Gasteiger partial charge in [-0.1, -0.05) is 55.0 Å². The number of hydrogen-bond donors (Lipinski definition) is 0. The van der Waals surface area contributed by atoms with Crippen LogP contribution in [0.2, 0.25) is 0 Å². The lowest BCUT2D eigenvalue weighted by Crippen LogP contribution is -2.33. The van der Waals surface area contributed by atoms with Crippen molar-refractivity contribution in [3.05, 3.63) is 124 Å². The fourth-order valence-corrected chi connectivity index (χ4v) is 7.15. The van der Waals surface area contributed by atoms with Crippen LogP contribution in [-0.4, -0.2) is 39.3 Å². The maximum atomic E-state index is 13.4. The zero-order valence-electron chi connectivity index (χ0n) is 26.9. The molecule has 1 saturated heterocycles. The first kappa shape index (κ1) is 31.2. The van der Waals surface area contributed by atoms with Crippen LogP contribution >= 0.6 is 0 Å². The van der Waals surface area contributed by atoms with E-state index in [1.54, 1.807) is 12.1 Å². The molecular formula is C39H45F2N3O. The zero-order chi connectivity index (χ0) is 31.6. The lowest BCUT2D eigenvalue weighted by atomic mass is 9.90. The number of alkyl halides is 2. The second-order valence-corrected chi connectivity index (χ2v) is 13.5. The molecule has 236 valence electrons. The van der Waals surface area contributed by atoms with Crippen molar-refractivity contribution >= 4 is 5.91 Å². The van der Waals surface area contributed by atoms with Crippen molar-refractivity contribution < 1.29 is 13.6 Å². The van der Waals surface area contributed by atoms with E-state index < -0.39 is 5.92 Å². The number of carbonyl (C=O) groups is 1. The highest BCUT2D eigenvalue weighted by Gasteiger charge is 2.30. The maximum absolute atomic E-state index is 13.4. The SMILES string of the molecule is Cc1ccn(-c2ccc(CCCC3CCN(Cc4cc(C)c5c(c4)CN(Cc4ccc(CC(C)(F)F)cc4)C5=O)CC3)cc2)c1. The Morgan fingerprint density at radius 2 is 1.53 bits per heavy atom. The van der Waals surface area contributed by atoms with Gasteiger partial charge in [0.25, 0.3) is 5.91 Å². The molecule has 45 heavy (non-hydrogen) atoms. The largest absolute Gasteiger partial charge is 0.330 e. The highest BCUT2D eigenvalue weighted by molar-refractivity contribution is 5.99. The van der Waals surface area contributed by atoms with Crippen molar-refractivity contribution in [1.29, 1.82) is 0 Å². The second-order valence-electron chi connectivity index (χ2n) is 13.5. The molecule has 0 saturated carbocycles. The van der Waals surface area contributed by atoms with Crippen LogP contribution < -0.4 is 0 Å². The Labute approximate surface area is 266 Å². The summed E-state index contributed by atoms with van der Waals surface area (Å²) < 4.78 is 28.9. The van der Waals surface area contributed by atoms with Crippen LogP contribution in [0.1, 0.15) is 81.9 Å². The number of amides is 1. The number of benzene rings is 3.